The van der Waals surface area contributed by atoms with Gasteiger partial charge in [-0.05, 0) is 31.2 Å². The largest absolute Gasteiger partial charge is 0.486 e. The summed E-state index contributed by atoms with van der Waals surface area (Å²) in [5.74, 6) is 0.00400. The Bertz CT molecular complexity index is 1240. The third kappa shape index (κ3) is 5.13. The summed E-state index contributed by atoms with van der Waals surface area (Å²) in [4.78, 5) is 29.5. The van der Waals surface area contributed by atoms with E-state index in [-0.39, 0.29) is 12.3 Å². The van der Waals surface area contributed by atoms with Crippen molar-refractivity contribution in [2.45, 2.75) is 13.5 Å². The highest BCUT2D eigenvalue weighted by atomic mass is 35.5. The number of nitrogens with one attached hydrogen (secondary N) is 2. The molecular weight excluding hydrogens is 452 g/mol. The molecule has 0 aliphatic heterocycles. The van der Waals surface area contributed by atoms with E-state index in [9.17, 15) is 9.59 Å². The third-order valence-corrected chi connectivity index (χ3v) is 5.70. The molecule has 8 nitrogen and oxygen atoms in total. The normalized spacial score (nSPS) is 10.6. The van der Waals surface area contributed by atoms with Gasteiger partial charge in [-0.1, -0.05) is 47.1 Å². The van der Waals surface area contributed by atoms with E-state index in [0.717, 1.165) is 5.56 Å². The maximum Gasteiger partial charge on any atom is 0.291 e. The average molecular weight is 469 g/mol. The molecule has 0 saturated carbocycles. The van der Waals surface area contributed by atoms with E-state index in [0.29, 0.717) is 32.1 Å². The minimum Gasteiger partial charge on any atom is -0.486 e. The van der Waals surface area contributed by atoms with Gasteiger partial charge in [-0.25, -0.2) is 4.98 Å². The molecule has 0 aliphatic rings. The molecule has 2 N–H and O–H groups in total. The van der Waals surface area contributed by atoms with Crippen LogP contribution in [0.5, 0.6) is 5.75 Å². The van der Waals surface area contributed by atoms with Crippen LogP contribution in [0.25, 0.3) is 11.3 Å². The second-order valence-corrected chi connectivity index (χ2v) is 8.14. The zero-order chi connectivity index (χ0) is 22.5. The number of thiazole rings is 1. The van der Waals surface area contributed by atoms with Gasteiger partial charge in [0.1, 0.15) is 22.2 Å². The smallest absolute Gasteiger partial charge is 0.291 e. The Hall–Kier alpha value is -3.69. The van der Waals surface area contributed by atoms with E-state index in [2.05, 4.69) is 21.0 Å². The Morgan fingerprint density at radius 1 is 1.06 bits per heavy atom. The summed E-state index contributed by atoms with van der Waals surface area (Å²) in [6, 6.07) is 17.7. The van der Waals surface area contributed by atoms with Crippen LogP contribution >= 0.6 is 22.9 Å². The second-order valence-electron chi connectivity index (χ2n) is 6.62. The monoisotopic (exact) mass is 468 g/mol. The quantitative estimate of drug-likeness (QED) is 0.406. The minimum absolute atomic E-state index is 0.0437. The number of hydrogen-bond acceptors (Lipinski definition) is 7. The molecule has 0 unspecified atom stereocenters. The van der Waals surface area contributed by atoms with Crippen molar-refractivity contribution in [2.75, 3.05) is 0 Å². The highest BCUT2D eigenvalue weighted by Gasteiger charge is 2.18. The molecule has 2 heterocycles. The third-order valence-electron chi connectivity index (χ3n) is 4.31. The Morgan fingerprint density at radius 3 is 2.53 bits per heavy atom. The van der Waals surface area contributed by atoms with Crippen molar-refractivity contribution in [3.63, 3.8) is 0 Å². The van der Waals surface area contributed by atoms with Crippen molar-refractivity contribution in [3.05, 3.63) is 87.0 Å². The van der Waals surface area contributed by atoms with Crippen molar-refractivity contribution in [3.8, 4) is 17.1 Å². The topological polar surface area (TPSA) is 106 Å². The number of carbonyl (C=O) groups is 2. The molecule has 2 aromatic heterocycles. The Labute approximate surface area is 192 Å². The van der Waals surface area contributed by atoms with Gasteiger partial charge in [0.25, 0.3) is 11.8 Å². The lowest BCUT2D eigenvalue weighted by Gasteiger charge is -2.04. The van der Waals surface area contributed by atoms with E-state index >= 15 is 0 Å². The number of aryl methyl sites for hydroxylation is 1. The summed E-state index contributed by atoms with van der Waals surface area (Å²) in [5, 5.41) is 4.99. The first-order valence-corrected chi connectivity index (χ1v) is 10.7. The number of aromatic nitrogens is 2. The fraction of sp³-hybridized carbons (Fsp3) is 0.0909. The van der Waals surface area contributed by atoms with Gasteiger partial charge in [-0.2, -0.15) is 0 Å². The first-order chi connectivity index (χ1) is 15.5. The van der Waals surface area contributed by atoms with E-state index in [1.807, 2.05) is 30.3 Å². The maximum atomic E-state index is 12.5. The van der Waals surface area contributed by atoms with Crippen LogP contribution in [0.3, 0.4) is 0 Å². The number of hydrazine groups is 1. The van der Waals surface area contributed by atoms with Crippen LogP contribution in [-0.2, 0) is 6.61 Å². The Kier molecular flexibility index (Phi) is 6.48. The van der Waals surface area contributed by atoms with E-state index < -0.39 is 11.8 Å². The van der Waals surface area contributed by atoms with E-state index in [1.54, 1.807) is 31.2 Å². The molecule has 4 aromatic rings. The second kappa shape index (κ2) is 9.63. The van der Waals surface area contributed by atoms with Crippen LogP contribution in [0.4, 0.5) is 0 Å². The fourth-order valence-electron chi connectivity index (χ4n) is 2.76. The summed E-state index contributed by atoms with van der Waals surface area (Å²) in [6.07, 6.45) is 0. The Morgan fingerprint density at radius 2 is 1.78 bits per heavy atom. The van der Waals surface area contributed by atoms with Crippen LogP contribution in [-0.4, -0.2) is 22.0 Å². The van der Waals surface area contributed by atoms with Gasteiger partial charge in [0, 0.05) is 16.7 Å². The summed E-state index contributed by atoms with van der Waals surface area (Å²) < 4.78 is 10.9. The molecule has 2 aromatic carbocycles. The first-order valence-electron chi connectivity index (χ1n) is 9.47. The lowest BCUT2D eigenvalue weighted by atomic mass is 10.1. The van der Waals surface area contributed by atoms with Crippen LogP contribution in [0.15, 0.2) is 65.2 Å². The van der Waals surface area contributed by atoms with Crippen molar-refractivity contribution in [1.29, 1.82) is 0 Å². The zero-order valence-corrected chi connectivity index (χ0v) is 18.4. The van der Waals surface area contributed by atoms with Gasteiger partial charge in [0.2, 0.25) is 0 Å². The van der Waals surface area contributed by atoms with Crippen molar-refractivity contribution < 1.29 is 18.8 Å². The van der Waals surface area contributed by atoms with Crippen LogP contribution in [0, 0.1) is 6.92 Å². The zero-order valence-electron chi connectivity index (χ0n) is 16.8. The molecule has 0 fully saturated rings. The molecule has 10 heteroatoms. The molecule has 0 aliphatic carbocycles. The highest BCUT2D eigenvalue weighted by molar-refractivity contribution is 7.13. The number of carbonyl (C=O) groups excluding carboxylic acids is 2. The number of hydrogen-bond donors (Lipinski definition) is 2. The molecule has 162 valence electrons. The van der Waals surface area contributed by atoms with Gasteiger partial charge in [0.05, 0.1) is 5.69 Å². The standard InChI is InChI=1S/C22H17ClN4O4S/c1-13-20(32-19(24-13)12-30-16-9-7-15(23)8-10-16)22(29)26-25-21(28)17-11-18(31-27-17)14-5-3-2-4-6-14/h2-11H,12H2,1H3,(H,25,28)(H,26,29). The van der Waals surface area contributed by atoms with Crippen LogP contribution in [0.2, 0.25) is 5.02 Å². The molecule has 0 radical (unpaired) electrons. The molecule has 0 bridgehead atoms. The van der Waals surface area contributed by atoms with Gasteiger partial charge in [0.15, 0.2) is 11.5 Å². The van der Waals surface area contributed by atoms with Crippen LogP contribution < -0.4 is 15.6 Å². The number of nitrogens with zero attached hydrogens (tertiary/aromatic N) is 2. The summed E-state index contributed by atoms with van der Waals surface area (Å²) in [6.45, 7) is 1.91. The number of amides is 2. The van der Waals surface area contributed by atoms with E-state index in [4.69, 9.17) is 20.9 Å². The molecule has 32 heavy (non-hydrogen) atoms. The SMILES string of the molecule is Cc1nc(COc2ccc(Cl)cc2)sc1C(=O)NNC(=O)c1cc(-c2ccccc2)on1. The lowest BCUT2D eigenvalue weighted by molar-refractivity contribution is 0.0843. The van der Waals surface area contributed by atoms with Crippen molar-refractivity contribution in [1.82, 2.24) is 21.0 Å². The van der Waals surface area contributed by atoms with Gasteiger partial charge < -0.3 is 9.26 Å². The highest BCUT2D eigenvalue weighted by Crippen LogP contribution is 2.22. The Balaban J connectivity index is 1.33. The number of rotatable bonds is 6. The van der Waals surface area contributed by atoms with Gasteiger partial charge in [-0.15, -0.1) is 11.3 Å². The average Bonchev–Trinajstić information content (AvgIpc) is 3.45. The molecule has 2 amide bonds. The molecule has 0 spiro atoms. The predicted octanol–water partition coefficient (Wildman–Crippen LogP) is 4.41. The number of benzene rings is 2. The molecule has 4 rings (SSSR count). The fourth-order valence-corrected chi connectivity index (χ4v) is 3.75. The molecule has 0 atom stereocenters. The lowest BCUT2D eigenvalue weighted by Crippen LogP contribution is -2.41. The van der Waals surface area contributed by atoms with Crippen molar-refractivity contribution in [2.24, 2.45) is 0 Å². The maximum absolute atomic E-state index is 12.5. The number of halogens is 1. The van der Waals surface area contributed by atoms with Gasteiger partial charge in [-0.3, -0.25) is 20.4 Å². The first kappa shape index (κ1) is 21.5. The van der Waals surface area contributed by atoms with Crippen molar-refractivity contribution >= 4 is 34.8 Å². The minimum atomic E-state index is -0.599. The van der Waals surface area contributed by atoms with E-state index in [1.165, 1.54) is 17.4 Å². The summed E-state index contributed by atoms with van der Waals surface area (Å²) >= 11 is 7.04. The summed E-state index contributed by atoms with van der Waals surface area (Å²) in [5.41, 5.74) is 6.08. The number of ether oxygens (including phenoxy) is 1. The summed E-state index contributed by atoms with van der Waals surface area (Å²) in [7, 11) is 0. The predicted molar refractivity (Wildman–Crippen MR) is 120 cm³/mol. The molecular formula is C22H17ClN4O4S. The molecule has 0 saturated heterocycles. The van der Waals surface area contributed by atoms with Crippen LogP contribution in [0.1, 0.15) is 30.9 Å². The van der Waals surface area contributed by atoms with Gasteiger partial charge >= 0.3 is 0 Å².